The number of anilines is 1. The minimum atomic E-state index is -0.157. The van der Waals surface area contributed by atoms with E-state index in [4.69, 9.17) is 16.9 Å². The maximum absolute atomic E-state index is 11.9. The number of benzene rings is 1. The molecule has 2 rings (SSSR count). The van der Waals surface area contributed by atoms with Gasteiger partial charge in [-0.25, -0.2) is 9.97 Å². The third-order valence-corrected chi connectivity index (χ3v) is 3.33. The number of amides is 1. The van der Waals surface area contributed by atoms with Crippen molar-refractivity contribution in [3.05, 3.63) is 52.4 Å². The van der Waals surface area contributed by atoms with Crippen LogP contribution in [0.2, 0.25) is 5.28 Å². The highest BCUT2D eigenvalue weighted by molar-refractivity contribution is 6.28. The van der Waals surface area contributed by atoms with Crippen LogP contribution >= 0.6 is 11.6 Å². The summed E-state index contributed by atoms with van der Waals surface area (Å²) in [5, 5.41) is 14.9. The Morgan fingerprint density at radius 1 is 1.30 bits per heavy atom. The summed E-state index contributed by atoms with van der Waals surface area (Å²) in [6.45, 7) is 3.08. The molecule has 2 N–H and O–H groups in total. The van der Waals surface area contributed by atoms with Crippen molar-refractivity contribution >= 4 is 23.3 Å². The quantitative estimate of drug-likeness (QED) is 0.627. The molecule has 118 valence electrons. The summed E-state index contributed by atoms with van der Waals surface area (Å²) < 4.78 is 0. The molecule has 0 radical (unpaired) electrons. The van der Waals surface area contributed by atoms with Crippen LogP contribution in [0.3, 0.4) is 0 Å². The molecule has 0 saturated heterocycles. The Hall–Kier alpha value is -2.65. The van der Waals surface area contributed by atoms with Crippen molar-refractivity contribution in [2.45, 2.75) is 13.3 Å². The summed E-state index contributed by atoms with van der Waals surface area (Å²) >= 11 is 5.75. The van der Waals surface area contributed by atoms with E-state index in [1.54, 1.807) is 30.5 Å². The maximum Gasteiger partial charge on any atom is 0.251 e. The average molecular weight is 330 g/mol. The van der Waals surface area contributed by atoms with Gasteiger partial charge in [0.2, 0.25) is 5.28 Å². The highest BCUT2D eigenvalue weighted by Crippen LogP contribution is 2.12. The van der Waals surface area contributed by atoms with Crippen molar-refractivity contribution < 1.29 is 4.79 Å². The van der Waals surface area contributed by atoms with Crippen LogP contribution in [0.25, 0.3) is 0 Å². The van der Waals surface area contributed by atoms with Crippen LogP contribution in [0.4, 0.5) is 5.82 Å². The highest BCUT2D eigenvalue weighted by Gasteiger charge is 2.05. The molecule has 0 unspecified atom stereocenters. The number of carbonyl (C=O) groups is 1. The standard InChI is InChI=1S/C16H16ClN5O/c1-11-10-21-16(17)22-14(11)19-7-2-8-20-15(23)13-5-3-12(9-18)4-6-13/h3-6,10H,2,7-8H2,1H3,(H,20,23)(H,19,21,22). The van der Waals surface area contributed by atoms with E-state index in [0.717, 1.165) is 12.0 Å². The molecule has 7 heteroatoms. The van der Waals surface area contributed by atoms with Crippen LogP contribution < -0.4 is 10.6 Å². The zero-order chi connectivity index (χ0) is 16.7. The number of nitrogens with one attached hydrogen (secondary N) is 2. The first-order valence-corrected chi connectivity index (χ1v) is 7.49. The highest BCUT2D eigenvalue weighted by atomic mass is 35.5. The first-order chi connectivity index (χ1) is 11.1. The number of halogens is 1. The van der Waals surface area contributed by atoms with E-state index < -0.39 is 0 Å². The van der Waals surface area contributed by atoms with Crippen LogP contribution in [0, 0.1) is 18.3 Å². The second kappa shape index (κ2) is 8.11. The largest absolute Gasteiger partial charge is 0.370 e. The molecule has 0 bridgehead atoms. The third kappa shape index (κ3) is 4.94. The minimum absolute atomic E-state index is 0.157. The summed E-state index contributed by atoms with van der Waals surface area (Å²) in [5.74, 6) is 0.541. The fourth-order valence-electron chi connectivity index (χ4n) is 1.89. The molecule has 0 atom stereocenters. The first kappa shape index (κ1) is 16.7. The van der Waals surface area contributed by atoms with Gasteiger partial charge < -0.3 is 10.6 Å². The summed E-state index contributed by atoms with van der Waals surface area (Å²) in [6, 6.07) is 8.54. The monoisotopic (exact) mass is 329 g/mol. The molecule has 23 heavy (non-hydrogen) atoms. The molecule has 1 heterocycles. The van der Waals surface area contributed by atoms with Gasteiger partial charge in [0.05, 0.1) is 11.6 Å². The van der Waals surface area contributed by atoms with E-state index >= 15 is 0 Å². The number of nitriles is 1. The van der Waals surface area contributed by atoms with E-state index in [9.17, 15) is 4.79 Å². The first-order valence-electron chi connectivity index (χ1n) is 7.11. The lowest BCUT2D eigenvalue weighted by atomic mass is 10.1. The van der Waals surface area contributed by atoms with Crippen LogP contribution in [-0.2, 0) is 0 Å². The Labute approximate surface area is 139 Å². The number of hydrogen-bond donors (Lipinski definition) is 2. The summed E-state index contributed by atoms with van der Waals surface area (Å²) in [4.78, 5) is 19.9. The van der Waals surface area contributed by atoms with Crippen molar-refractivity contribution in [3.63, 3.8) is 0 Å². The molecule has 0 aliphatic heterocycles. The van der Waals surface area contributed by atoms with Gasteiger partial charge in [-0.3, -0.25) is 4.79 Å². The second-order valence-corrected chi connectivity index (χ2v) is 5.23. The smallest absolute Gasteiger partial charge is 0.251 e. The lowest BCUT2D eigenvalue weighted by Crippen LogP contribution is -2.25. The molecule has 2 aromatic rings. The molecule has 0 aliphatic rings. The van der Waals surface area contributed by atoms with Gasteiger partial charge in [0.1, 0.15) is 5.82 Å². The van der Waals surface area contributed by atoms with Crippen molar-refractivity contribution in [2.24, 2.45) is 0 Å². The van der Waals surface area contributed by atoms with E-state index in [2.05, 4.69) is 20.6 Å². The van der Waals surface area contributed by atoms with Gasteiger partial charge >= 0.3 is 0 Å². The topological polar surface area (TPSA) is 90.7 Å². The second-order valence-electron chi connectivity index (χ2n) is 4.90. The molecule has 0 aliphatic carbocycles. The molecule has 1 aromatic heterocycles. The van der Waals surface area contributed by atoms with Crippen molar-refractivity contribution in [3.8, 4) is 6.07 Å². The summed E-state index contributed by atoms with van der Waals surface area (Å²) in [6.07, 6.45) is 2.40. The lowest BCUT2D eigenvalue weighted by molar-refractivity contribution is 0.0953. The van der Waals surface area contributed by atoms with E-state index in [-0.39, 0.29) is 11.2 Å². The van der Waals surface area contributed by atoms with Crippen LogP contribution in [0.5, 0.6) is 0 Å². The SMILES string of the molecule is Cc1cnc(Cl)nc1NCCCNC(=O)c1ccc(C#N)cc1. The van der Waals surface area contributed by atoms with Gasteiger partial charge in [0.25, 0.3) is 5.91 Å². The Kier molecular flexibility index (Phi) is 5.89. The Bertz CT molecular complexity index is 724. The van der Waals surface area contributed by atoms with Crippen molar-refractivity contribution in [1.29, 1.82) is 5.26 Å². The molecule has 1 amide bonds. The lowest BCUT2D eigenvalue weighted by Gasteiger charge is -2.09. The number of aromatic nitrogens is 2. The van der Waals surface area contributed by atoms with Crippen molar-refractivity contribution in [1.82, 2.24) is 15.3 Å². The summed E-state index contributed by atoms with van der Waals surface area (Å²) in [5.41, 5.74) is 1.98. The van der Waals surface area contributed by atoms with Crippen LogP contribution in [0.15, 0.2) is 30.5 Å². The Morgan fingerprint density at radius 2 is 2.04 bits per heavy atom. The van der Waals surface area contributed by atoms with Gasteiger partial charge in [0.15, 0.2) is 0 Å². The van der Waals surface area contributed by atoms with E-state index in [1.165, 1.54) is 0 Å². The number of hydrogen-bond acceptors (Lipinski definition) is 5. The van der Waals surface area contributed by atoms with Crippen LogP contribution in [0.1, 0.15) is 27.9 Å². The number of aryl methyl sites for hydroxylation is 1. The van der Waals surface area contributed by atoms with E-state index in [0.29, 0.717) is 30.0 Å². The molecule has 0 saturated carbocycles. The van der Waals surface area contributed by atoms with Gasteiger partial charge in [-0.2, -0.15) is 5.26 Å². The predicted molar refractivity (Wildman–Crippen MR) is 88.4 cm³/mol. The number of nitrogens with zero attached hydrogens (tertiary/aromatic N) is 3. The molecule has 0 spiro atoms. The van der Waals surface area contributed by atoms with Crippen molar-refractivity contribution in [2.75, 3.05) is 18.4 Å². The predicted octanol–water partition coefficient (Wildman–Crippen LogP) is 2.54. The maximum atomic E-state index is 11.9. The zero-order valence-corrected chi connectivity index (χ0v) is 13.4. The molecular formula is C16H16ClN5O. The summed E-state index contributed by atoms with van der Waals surface area (Å²) in [7, 11) is 0. The molecule has 0 fully saturated rings. The average Bonchev–Trinajstić information content (AvgIpc) is 2.57. The van der Waals surface area contributed by atoms with Gasteiger partial charge in [-0.05, 0) is 49.2 Å². The minimum Gasteiger partial charge on any atom is -0.370 e. The normalized spacial score (nSPS) is 9.96. The Balaban J connectivity index is 1.73. The van der Waals surface area contributed by atoms with E-state index in [1.807, 2.05) is 13.0 Å². The molecule has 6 nitrogen and oxygen atoms in total. The molecular weight excluding hydrogens is 314 g/mol. The third-order valence-electron chi connectivity index (χ3n) is 3.15. The zero-order valence-electron chi connectivity index (χ0n) is 12.6. The fraction of sp³-hybridized carbons (Fsp3) is 0.250. The number of carbonyl (C=O) groups excluding carboxylic acids is 1. The number of rotatable bonds is 6. The Morgan fingerprint density at radius 3 is 2.74 bits per heavy atom. The van der Waals surface area contributed by atoms with Crippen LogP contribution in [-0.4, -0.2) is 29.0 Å². The van der Waals surface area contributed by atoms with Gasteiger partial charge in [0, 0.05) is 30.4 Å². The molecule has 1 aromatic carbocycles. The van der Waals surface area contributed by atoms with Gasteiger partial charge in [-0.1, -0.05) is 0 Å². The fourth-order valence-corrected chi connectivity index (χ4v) is 2.03. The van der Waals surface area contributed by atoms with Gasteiger partial charge in [-0.15, -0.1) is 0 Å².